The Labute approximate surface area is 283 Å². The number of aromatic nitrogens is 1. The van der Waals surface area contributed by atoms with Gasteiger partial charge in [0.1, 0.15) is 17.0 Å². The summed E-state index contributed by atoms with van der Waals surface area (Å²) in [6, 6.07) is 26.6. The third kappa shape index (κ3) is 5.00. The Kier molecular flexibility index (Phi) is 8.77. The van der Waals surface area contributed by atoms with Crippen molar-refractivity contribution in [1.29, 1.82) is 5.26 Å². The normalized spacial score (nSPS) is 13.5. The Hall–Kier alpha value is -5.47. The number of rotatable bonds is 8. The number of hydrogen-bond acceptors (Lipinski definition) is 9. The van der Waals surface area contributed by atoms with E-state index in [9.17, 15) is 14.9 Å². The van der Waals surface area contributed by atoms with Gasteiger partial charge in [-0.3, -0.25) is 19.8 Å². The van der Waals surface area contributed by atoms with E-state index < -0.39 is 10.5 Å². The van der Waals surface area contributed by atoms with Gasteiger partial charge in [-0.1, -0.05) is 41.7 Å². The van der Waals surface area contributed by atoms with Crippen molar-refractivity contribution in [2.45, 2.75) is 40.2 Å². The number of nitrogens with zero attached hydrogens (tertiary/aromatic N) is 6. The molecule has 0 atom stereocenters. The smallest absolute Gasteiger partial charge is 0.270 e. The third-order valence-corrected chi connectivity index (χ3v) is 10.0. The number of nitro benzene ring substituents is 1. The first kappa shape index (κ1) is 32.5. The van der Waals surface area contributed by atoms with Gasteiger partial charge < -0.3 is 14.5 Å². The van der Waals surface area contributed by atoms with Crippen LogP contribution in [0.3, 0.4) is 0 Å². The maximum atomic E-state index is 14.6. The van der Waals surface area contributed by atoms with Crippen LogP contribution in [0.5, 0.6) is 11.5 Å². The molecule has 7 rings (SSSR count). The van der Waals surface area contributed by atoms with E-state index in [4.69, 9.17) is 15.0 Å². The van der Waals surface area contributed by atoms with E-state index in [1.54, 1.807) is 17.0 Å². The summed E-state index contributed by atoms with van der Waals surface area (Å²) in [7, 11) is 0. The van der Waals surface area contributed by atoms with Crippen LogP contribution in [0.15, 0.2) is 78.9 Å². The largest absolute Gasteiger partial charge is 0.456 e. The molecule has 1 spiro atoms. The van der Waals surface area contributed by atoms with Crippen LogP contribution in [0.2, 0.25) is 0 Å². The lowest BCUT2D eigenvalue weighted by Crippen LogP contribution is -2.47. The molecule has 2 aliphatic rings. The second-order valence-electron chi connectivity index (χ2n) is 11.3. The highest BCUT2D eigenvalue weighted by Crippen LogP contribution is 2.60. The van der Waals surface area contributed by atoms with Crippen molar-refractivity contribution in [1.82, 2.24) is 4.98 Å². The van der Waals surface area contributed by atoms with Crippen molar-refractivity contribution in [3.05, 3.63) is 111 Å². The van der Waals surface area contributed by atoms with Crippen LogP contribution in [-0.4, -0.2) is 42.0 Å². The van der Waals surface area contributed by atoms with Crippen LogP contribution in [0, 0.1) is 21.4 Å². The highest BCUT2D eigenvalue weighted by Gasteiger charge is 2.58. The van der Waals surface area contributed by atoms with E-state index in [1.165, 1.54) is 30.4 Å². The summed E-state index contributed by atoms with van der Waals surface area (Å²) in [6.45, 7) is 13.3. The SMILES string of the molecule is CC#N.CCN(CC)c1ccc2c(c1)Oc1cc(N(CC)CC)ccc1C21c2ccccc2C(=O)N1c1nc2ccc([N+](=O)[O-])cc2s1. The van der Waals surface area contributed by atoms with Crippen LogP contribution in [0.1, 0.15) is 61.7 Å². The van der Waals surface area contributed by atoms with Gasteiger partial charge in [0.25, 0.3) is 11.6 Å². The molecular weight excluding hydrogens is 625 g/mol. The number of benzene rings is 4. The van der Waals surface area contributed by atoms with Gasteiger partial charge in [-0.15, -0.1) is 0 Å². The molecule has 0 saturated heterocycles. The number of carbonyl (C=O) groups excluding carboxylic acids is 1. The molecule has 0 N–H and O–H groups in total. The van der Waals surface area contributed by atoms with Crippen molar-refractivity contribution in [3.63, 3.8) is 0 Å². The number of anilines is 3. The molecule has 5 aromatic rings. The Balaban J connectivity index is 0.00000129. The number of fused-ring (bicyclic) bond motifs is 7. The molecule has 48 heavy (non-hydrogen) atoms. The summed E-state index contributed by atoms with van der Waals surface area (Å²) < 4.78 is 7.41. The molecule has 1 amide bonds. The fourth-order valence-corrected chi connectivity index (χ4v) is 7.92. The average Bonchev–Trinajstić information content (AvgIpc) is 3.62. The van der Waals surface area contributed by atoms with E-state index in [0.717, 1.165) is 54.2 Å². The summed E-state index contributed by atoms with van der Waals surface area (Å²) in [5, 5.41) is 19.4. The van der Waals surface area contributed by atoms with E-state index in [1.807, 2.05) is 24.3 Å². The summed E-state index contributed by atoms with van der Waals surface area (Å²) >= 11 is 1.28. The zero-order valence-corrected chi connectivity index (χ0v) is 28.4. The van der Waals surface area contributed by atoms with Gasteiger partial charge in [0.05, 0.1) is 21.2 Å². The van der Waals surface area contributed by atoms with Crippen LogP contribution in [0.25, 0.3) is 10.2 Å². The number of ether oxygens (including phenoxy) is 1. The second kappa shape index (κ2) is 13.0. The highest BCUT2D eigenvalue weighted by atomic mass is 32.1. The molecule has 0 aliphatic carbocycles. The van der Waals surface area contributed by atoms with Crippen LogP contribution in [0.4, 0.5) is 22.2 Å². The summed E-state index contributed by atoms with van der Waals surface area (Å²) in [5.41, 5.74) is 4.68. The maximum Gasteiger partial charge on any atom is 0.270 e. The molecule has 10 nitrogen and oxygen atoms in total. The molecule has 1 aromatic heterocycles. The molecule has 3 heterocycles. The Morgan fingerprint density at radius 1 is 0.875 bits per heavy atom. The summed E-state index contributed by atoms with van der Waals surface area (Å²) in [6.07, 6.45) is 0. The predicted molar refractivity (Wildman–Crippen MR) is 191 cm³/mol. The standard InChI is InChI=1S/C35H33N5O4S.C2H3N/c1-5-37(6-2)22-13-16-27-30(19-22)44-31-20-23(38(7-3)8-4)14-17-28(31)35(27)26-12-10-9-11-25(26)33(41)39(35)34-36-29-18-15-24(40(42)43)21-32(29)45-34;1-2-3/h9-21H,5-8H2,1-4H3;1H3. The molecular formula is C37H36N6O4S. The lowest BCUT2D eigenvalue weighted by atomic mass is 9.74. The van der Waals surface area contributed by atoms with Crippen molar-refractivity contribution < 1.29 is 14.5 Å². The zero-order valence-electron chi connectivity index (χ0n) is 27.6. The van der Waals surface area contributed by atoms with Gasteiger partial charge in [-0.05, 0) is 52.0 Å². The minimum Gasteiger partial charge on any atom is -0.456 e. The van der Waals surface area contributed by atoms with Gasteiger partial charge in [0.2, 0.25) is 0 Å². The topological polar surface area (TPSA) is 116 Å². The lowest BCUT2D eigenvalue weighted by Gasteiger charge is -2.43. The fourth-order valence-electron chi connectivity index (χ4n) is 6.87. The number of nitriles is 1. The number of non-ortho nitro benzene ring substituents is 1. The first-order chi connectivity index (χ1) is 23.3. The minimum atomic E-state index is -1.08. The first-order valence-corrected chi connectivity index (χ1v) is 16.8. The molecule has 0 saturated carbocycles. The molecule has 0 fully saturated rings. The molecule has 244 valence electrons. The van der Waals surface area contributed by atoms with Crippen LogP contribution in [-0.2, 0) is 5.54 Å². The Morgan fingerprint density at radius 3 is 1.98 bits per heavy atom. The van der Waals surface area contributed by atoms with Crippen LogP contribution < -0.4 is 19.4 Å². The van der Waals surface area contributed by atoms with Gasteiger partial charge in [0.15, 0.2) is 5.13 Å². The summed E-state index contributed by atoms with van der Waals surface area (Å²) in [4.78, 5) is 37.0. The second-order valence-corrected chi connectivity index (χ2v) is 12.3. The van der Waals surface area contributed by atoms with Gasteiger partial charge in [0, 0.05) is 91.0 Å². The van der Waals surface area contributed by atoms with E-state index in [0.29, 0.717) is 32.4 Å². The highest BCUT2D eigenvalue weighted by molar-refractivity contribution is 7.22. The number of nitro groups is 1. The lowest BCUT2D eigenvalue weighted by molar-refractivity contribution is -0.384. The molecule has 0 bridgehead atoms. The Morgan fingerprint density at radius 2 is 1.44 bits per heavy atom. The van der Waals surface area contributed by atoms with Crippen molar-refractivity contribution >= 4 is 49.7 Å². The molecule has 0 unspecified atom stereocenters. The van der Waals surface area contributed by atoms with Gasteiger partial charge in [-0.2, -0.15) is 5.26 Å². The minimum absolute atomic E-state index is 0.0157. The summed E-state index contributed by atoms with van der Waals surface area (Å²) in [5.74, 6) is 1.17. The van der Waals surface area contributed by atoms with E-state index in [2.05, 4.69) is 73.9 Å². The van der Waals surface area contributed by atoms with Gasteiger partial charge in [-0.25, -0.2) is 4.98 Å². The molecule has 4 aromatic carbocycles. The fraction of sp³-hybridized carbons (Fsp3) is 0.270. The Bertz CT molecular complexity index is 2020. The van der Waals surface area contributed by atoms with Crippen molar-refractivity contribution in [2.75, 3.05) is 40.9 Å². The molecule has 11 heteroatoms. The monoisotopic (exact) mass is 660 g/mol. The van der Waals surface area contributed by atoms with Crippen LogP contribution >= 0.6 is 11.3 Å². The third-order valence-electron chi connectivity index (χ3n) is 9.04. The van der Waals surface area contributed by atoms with Crippen molar-refractivity contribution in [3.8, 4) is 17.6 Å². The number of hydrogen-bond donors (Lipinski definition) is 0. The average molecular weight is 661 g/mol. The van der Waals surface area contributed by atoms with E-state index >= 15 is 0 Å². The van der Waals surface area contributed by atoms with E-state index in [-0.39, 0.29) is 11.6 Å². The molecule has 2 aliphatic heterocycles. The number of carbonyl (C=O) groups is 1. The van der Waals surface area contributed by atoms with Crippen molar-refractivity contribution in [2.24, 2.45) is 0 Å². The quantitative estimate of drug-likeness (QED) is 0.120. The number of thiazole rings is 1. The predicted octanol–water partition coefficient (Wildman–Crippen LogP) is 8.48. The zero-order chi connectivity index (χ0) is 34.2. The van der Waals surface area contributed by atoms with Gasteiger partial charge >= 0.3 is 0 Å². The first-order valence-electron chi connectivity index (χ1n) is 16.0. The molecule has 0 radical (unpaired) electrons. The maximum absolute atomic E-state index is 14.6. The number of amides is 1.